The van der Waals surface area contributed by atoms with E-state index in [4.69, 9.17) is 4.84 Å². The summed E-state index contributed by atoms with van der Waals surface area (Å²) in [4.78, 5) is 4.90. The Bertz CT molecular complexity index is 552. The summed E-state index contributed by atoms with van der Waals surface area (Å²) in [6.45, 7) is 0. The molecule has 0 N–H and O–H groups in total. The van der Waals surface area contributed by atoms with Crippen molar-refractivity contribution in [2.24, 2.45) is 5.16 Å². The molecule has 0 aromatic heterocycles. The Balaban J connectivity index is 1.94. The highest BCUT2D eigenvalue weighted by atomic mass is 32.5. The van der Waals surface area contributed by atoms with Crippen LogP contribution in [0.15, 0.2) is 47.6 Å². The van der Waals surface area contributed by atoms with Gasteiger partial charge in [-0.3, -0.25) is 0 Å². The summed E-state index contributed by atoms with van der Waals surface area (Å²) >= 11 is 0. The van der Waals surface area contributed by atoms with Crippen LogP contribution in [0.4, 0.5) is 19.4 Å². The fourth-order valence-electron chi connectivity index (χ4n) is 1.69. The molecule has 8 heteroatoms. The summed E-state index contributed by atoms with van der Waals surface area (Å²) in [6.07, 6.45) is 0.874. The predicted octanol–water partition coefficient (Wildman–Crippen LogP) is 5.03. The highest BCUT2D eigenvalue weighted by Crippen LogP contribution is 2.97. The first-order valence-electron chi connectivity index (χ1n) is 5.70. The fraction of sp³-hybridized carbons (Fsp3) is 0.250. The van der Waals surface area contributed by atoms with Crippen molar-refractivity contribution in [2.45, 2.75) is 12.5 Å². The Morgan fingerprint density at radius 1 is 1.15 bits per heavy atom. The molecule has 0 aliphatic carbocycles. The van der Waals surface area contributed by atoms with Crippen molar-refractivity contribution in [3.8, 4) is 0 Å². The first-order valence-corrected chi connectivity index (χ1v) is 7.82. The number of halogens is 5. The van der Waals surface area contributed by atoms with E-state index in [0.29, 0.717) is 11.8 Å². The smallest absolute Gasteiger partial charge is 0.288 e. The Labute approximate surface area is 112 Å². The zero-order valence-corrected chi connectivity index (χ0v) is 11.0. The summed E-state index contributed by atoms with van der Waals surface area (Å²) in [5.74, 6) is -2.22. The molecule has 1 aliphatic heterocycles. The van der Waals surface area contributed by atoms with Crippen LogP contribution < -0.4 is 0 Å². The molecule has 20 heavy (non-hydrogen) atoms. The zero-order valence-electron chi connectivity index (χ0n) is 10.2. The maximum atomic E-state index is 12.1. The molecule has 1 unspecified atom stereocenters. The second-order valence-electron chi connectivity index (χ2n) is 4.48. The van der Waals surface area contributed by atoms with Crippen LogP contribution in [0.1, 0.15) is 12.0 Å². The summed E-state index contributed by atoms with van der Waals surface area (Å²) in [5.41, 5.74) is 1.36. The Morgan fingerprint density at radius 2 is 1.80 bits per heavy atom. The molecule has 2 rings (SSSR count). The Kier molecular flexibility index (Phi) is 3.12. The number of rotatable bonds is 4. The molecule has 1 aromatic rings. The van der Waals surface area contributed by atoms with Gasteiger partial charge in [-0.15, -0.1) is 0 Å². The normalized spacial score (nSPS) is 23.1. The predicted molar refractivity (Wildman–Crippen MR) is 69.6 cm³/mol. The second-order valence-corrected chi connectivity index (χ2v) is 7.07. The number of hydrogen-bond acceptors (Lipinski definition) is 2. The summed E-state index contributed by atoms with van der Waals surface area (Å²) in [7, 11) is -9.38. The molecule has 0 bridgehead atoms. The molecule has 0 saturated carbocycles. The van der Waals surface area contributed by atoms with Gasteiger partial charge in [0, 0.05) is 6.42 Å². The van der Waals surface area contributed by atoms with Crippen LogP contribution in [-0.4, -0.2) is 17.6 Å². The van der Waals surface area contributed by atoms with Gasteiger partial charge in [0.05, 0.1) is 5.71 Å². The second kappa shape index (κ2) is 4.21. The first kappa shape index (κ1) is 14.8. The van der Waals surface area contributed by atoms with Crippen molar-refractivity contribution < 1.29 is 24.3 Å². The van der Waals surface area contributed by atoms with Crippen molar-refractivity contribution in [1.29, 1.82) is 0 Å². The summed E-state index contributed by atoms with van der Waals surface area (Å²) in [5, 5.41) is 3.74. The van der Waals surface area contributed by atoms with E-state index in [1.807, 2.05) is 6.07 Å². The molecule has 1 aliphatic rings. The van der Waals surface area contributed by atoms with Crippen LogP contribution in [-0.2, 0) is 4.84 Å². The van der Waals surface area contributed by atoms with Crippen molar-refractivity contribution in [2.75, 3.05) is 5.75 Å². The van der Waals surface area contributed by atoms with Gasteiger partial charge in [-0.2, -0.15) is 0 Å². The van der Waals surface area contributed by atoms with E-state index in [-0.39, 0.29) is 6.42 Å². The van der Waals surface area contributed by atoms with E-state index < -0.39 is 22.1 Å². The lowest BCUT2D eigenvalue weighted by molar-refractivity contribution is 0.120. The highest BCUT2D eigenvalue weighted by molar-refractivity contribution is 8.45. The van der Waals surface area contributed by atoms with Crippen LogP contribution in [0.5, 0.6) is 0 Å². The van der Waals surface area contributed by atoms with Crippen molar-refractivity contribution in [1.82, 2.24) is 0 Å². The molecule has 0 saturated heterocycles. The lowest BCUT2D eigenvalue weighted by Gasteiger charge is -2.39. The Morgan fingerprint density at radius 3 is 2.40 bits per heavy atom. The quantitative estimate of drug-likeness (QED) is 0.564. The number of oxime groups is 1. The Hall–Kier alpha value is -1.57. The topological polar surface area (TPSA) is 21.6 Å². The summed E-state index contributed by atoms with van der Waals surface area (Å²) < 4.78 is 60.6. The van der Waals surface area contributed by atoms with E-state index in [0.717, 1.165) is 11.6 Å². The molecule has 0 radical (unpaired) electrons. The molecule has 1 heterocycles. The van der Waals surface area contributed by atoms with E-state index in [1.54, 1.807) is 24.3 Å². The van der Waals surface area contributed by atoms with Gasteiger partial charge < -0.3 is 4.84 Å². The van der Waals surface area contributed by atoms with Gasteiger partial charge in [0.2, 0.25) is 0 Å². The number of hydrogen-bond donors (Lipinski definition) is 0. The SMILES string of the molecule is FS(F)(F)(F)(F)C/C=C/C1CC(c2ccccc2)=NO1. The third-order valence-corrected chi connectivity index (χ3v) is 3.38. The van der Waals surface area contributed by atoms with Crippen LogP contribution in [0, 0.1) is 0 Å². The molecule has 2 nitrogen and oxygen atoms in total. The van der Waals surface area contributed by atoms with Crippen molar-refractivity contribution in [3.63, 3.8) is 0 Å². The van der Waals surface area contributed by atoms with E-state index in [1.165, 1.54) is 0 Å². The van der Waals surface area contributed by atoms with Gasteiger partial charge in [0.25, 0.3) is 10.2 Å². The fourth-order valence-corrected chi connectivity index (χ4v) is 2.16. The minimum absolute atomic E-state index is 0.251. The molecule has 0 fully saturated rings. The average Bonchev–Trinajstić information content (AvgIpc) is 2.75. The summed E-state index contributed by atoms with van der Waals surface area (Å²) in [6, 6.07) is 8.95. The van der Waals surface area contributed by atoms with Gasteiger partial charge >= 0.3 is 0 Å². The van der Waals surface area contributed by atoms with Gasteiger partial charge in [0.1, 0.15) is 5.75 Å². The van der Waals surface area contributed by atoms with Crippen LogP contribution in [0.25, 0.3) is 0 Å². The van der Waals surface area contributed by atoms with Gasteiger partial charge in [-0.1, -0.05) is 61.0 Å². The monoisotopic (exact) mass is 313 g/mol. The molecule has 1 atom stereocenters. The minimum atomic E-state index is -9.38. The van der Waals surface area contributed by atoms with Gasteiger partial charge in [-0.25, -0.2) is 0 Å². The molecule has 0 spiro atoms. The van der Waals surface area contributed by atoms with Gasteiger partial charge in [-0.05, 0) is 11.6 Å². The van der Waals surface area contributed by atoms with Crippen LogP contribution >= 0.6 is 10.2 Å². The third-order valence-electron chi connectivity index (χ3n) is 2.56. The van der Waals surface area contributed by atoms with Crippen molar-refractivity contribution in [3.05, 3.63) is 48.0 Å². The highest BCUT2D eigenvalue weighted by Gasteiger charge is 2.62. The number of benzene rings is 1. The van der Waals surface area contributed by atoms with E-state index in [9.17, 15) is 19.4 Å². The molecule has 112 valence electrons. The lowest BCUT2D eigenvalue weighted by Crippen LogP contribution is -2.10. The largest absolute Gasteiger partial charge is 0.388 e. The van der Waals surface area contributed by atoms with E-state index >= 15 is 0 Å². The van der Waals surface area contributed by atoms with Crippen LogP contribution in [0.3, 0.4) is 0 Å². The van der Waals surface area contributed by atoms with E-state index in [2.05, 4.69) is 5.16 Å². The number of nitrogens with zero attached hydrogens (tertiary/aromatic N) is 1. The molecule has 0 amide bonds. The van der Waals surface area contributed by atoms with Crippen molar-refractivity contribution >= 4 is 15.9 Å². The lowest BCUT2D eigenvalue weighted by atomic mass is 10.1. The third kappa shape index (κ3) is 4.84. The maximum Gasteiger partial charge on any atom is 0.288 e. The maximum absolute atomic E-state index is 12.1. The molecular weight excluding hydrogens is 301 g/mol. The van der Waals surface area contributed by atoms with Crippen LogP contribution in [0.2, 0.25) is 0 Å². The van der Waals surface area contributed by atoms with Gasteiger partial charge in [0.15, 0.2) is 6.10 Å². The first-order chi connectivity index (χ1) is 9.02. The molecule has 1 aromatic carbocycles. The average molecular weight is 313 g/mol. The minimum Gasteiger partial charge on any atom is -0.388 e. The zero-order chi connectivity index (χ0) is 14.9. The standard InChI is InChI=1S/C12H12F5NOS/c13-20(14,15,16,17)8-4-7-11-9-12(18-19-11)10-5-2-1-3-6-10/h1-7,11H,8-9H2/b7-4+. The molecular formula is C12H12F5NOS.